The molecule has 1 atom stereocenters. The summed E-state index contributed by atoms with van der Waals surface area (Å²) in [5.41, 5.74) is 2.48. The van der Waals surface area contributed by atoms with E-state index in [4.69, 9.17) is 16.3 Å². The zero-order valence-electron chi connectivity index (χ0n) is 16.9. The molecule has 1 unspecified atom stereocenters. The van der Waals surface area contributed by atoms with Gasteiger partial charge in [-0.3, -0.25) is 10.1 Å². The number of nitro benzene ring substituents is 1. The van der Waals surface area contributed by atoms with Crippen molar-refractivity contribution in [1.82, 2.24) is 0 Å². The molecule has 7 heteroatoms. The lowest BCUT2D eigenvalue weighted by Crippen LogP contribution is -2.28. The molecule has 156 valence electrons. The van der Waals surface area contributed by atoms with Gasteiger partial charge in [0.05, 0.1) is 17.1 Å². The molecule has 30 heavy (non-hydrogen) atoms. The van der Waals surface area contributed by atoms with Crippen LogP contribution in [0.4, 0.5) is 11.4 Å². The summed E-state index contributed by atoms with van der Waals surface area (Å²) in [4.78, 5) is 26.2. The van der Waals surface area contributed by atoms with Gasteiger partial charge in [-0.25, -0.2) is 4.79 Å². The third-order valence-corrected chi connectivity index (χ3v) is 5.15. The highest BCUT2D eigenvalue weighted by Crippen LogP contribution is 2.41. The number of benzene rings is 2. The Morgan fingerprint density at radius 3 is 2.50 bits per heavy atom. The minimum atomic E-state index is -0.573. The standard InChI is InChI=1S/C23H23ClN2O4/c1-3-7-21-22(23(27)30-4-2)19(18-8-5-6-9-20(18)26(28)29)14-15-25(21)17-12-10-16(24)11-13-17/h5-6,8-15,19H,3-4,7H2,1-2H3. The van der Waals surface area contributed by atoms with Crippen molar-refractivity contribution in [1.29, 1.82) is 0 Å². The number of nitrogens with zero attached hydrogens (tertiary/aromatic N) is 2. The molecule has 0 saturated carbocycles. The van der Waals surface area contributed by atoms with Gasteiger partial charge >= 0.3 is 5.97 Å². The van der Waals surface area contributed by atoms with Gasteiger partial charge in [0.1, 0.15) is 0 Å². The van der Waals surface area contributed by atoms with Crippen molar-refractivity contribution in [2.24, 2.45) is 0 Å². The van der Waals surface area contributed by atoms with Gasteiger partial charge in [0.15, 0.2) is 0 Å². The highest BCUT2D eigenvalue weighted by molar-refractivity contribution is 6.30. The lowest BCUT2D eigenvalue weighted by Gasteiger charge is -2.33. The van der Waals surface area contributed by atoms with E-state index in [2.05, 4.69) is 0 Å². The number of hydrogen-bond donors (Lipinski definition) is 0. The van der Waals surface area contributed by atoms with Gasteiger partial charge in [-0.15, -0.1) is 0 Å². The second-order valence-electron chi connectivity index (χ2n) is 6.81. The van der Waals surface area contributed by atoms with E-state index < -0.39 is 16.8 Å². The van der Waals surface area contributed by atoms with Crippen LogP contribution >= 0.6 is 11.6 Å². The SMILES string of the molecule is CCCC1=C(C(=O)OCC)C(c2ccccc2[N+](=O)[O-])C=CN1c1ccc(Cl)cc1. The van der Waals surface area contributed by atoms with Crippen LogP contribution < -0.4 is 4.90 Å². The summed E-state index contributed by atoms with van der Waals surface area (Å²) in [6.07, 6.45) is 5.07. The third kappa shape index (κ3) is 4.39. The number of carbonyl (C=O) groups is 1. The van der Waals surface area contributed by atoms with Crippen LogP contribution in [0.2, 0.25) is 5.02 Å². The number of hydrogen-bond acceptors (Lipinski definition) is 5. The Balaban J connectivity index is 2.19. The predicted molar refractivity (Wildman–Crippen MR) is 117 cm³/mol. The van der Waals surface area contributed by atoms with Crippen LogP contribution in [-0.2, 0) is 9.53 Å². The lowest BCUT2D eigenvalue weighted by atomic mass is 9.85. The number of para-hydroxylation sites is 1. The van der Waals surface area contributed by atoms with Gasteiger partial charge in [0, 0.05) is 40.2 Å². The van der Waals surface area contributed by atoms with Gasteiger partial charge < -0.3 is 9.64 Å². The van der Waals surface area contributed by atoms with Crippen molar-refractivity contribution in [2.45, 2.75) is 32.6 Å². The van der Waals surface area contributed by atoms with Crippen molar-refractivity contribution >= 4 is 28.9 Å². The van der Waals surface area contributed by atoms with E-state index in [1.54, 1.807) is 37.3 Å². The topological polar surface area (TPSA) is 72.7 Å². The summed E-state index contributed by atoms with van der Waals surface area (Å²) < 4.78 is 5.37. The molecule has 0 saturated heterocycles. The number of allylic oxidation sites excluding steroid dienone is 2. The summed E-state index contributed by atoms with van der Waals surface area (Å²) in [7, 11) is 0. The summed E-state index contributed by atoms with van der Waals surface area (Å²) in [6, 6.07) is 13.8. The Morgan fingerprint density at radius 1 is 1.17 bits per heavy atom. The van der Waals surface area contributed by atoms with Crippen LogP contribution in [0, 0.1) is 10.1 Å². The van der Waals surface area contributed by atoms with Crippen molar-refractivity contribution in [3.63, 3.8) is 0 Å². The fourth-order valence-corrected chi connectivity index (χ4v) is 3.76. The largest absolute Gasteiger partial charge is 0.463 e. The molecule has 0 amide bonds. The lowest BCUT2D eigenvalue weighted by molar-refractivity contribution is -0.385. The molecule has 0 spiro atoms. The number of anilines is 1. The van der Waals surface area contributed by atoms with Gasteiger partial charge in [0.2, 0.25) is 0 Å². The molecule has 2 aromatic carbocycles. The molecule has 0 aliphatic carbocycles. The van der Waals surface area contributed by atoms with E-state index in [0.717, 1.165) is 17.8 Å². The van der Waals surface area contributed by atoms with E-state index in [0.29, 0.717) is 22.6 Å². The van der Waals surface area contributed by atoms with Crippen LogP contribution in [0.15, 0.2) is 72.1 Å². The van der Waals surface area contributed by atoms with Crippen molar-refractivity contribution in [2.75, 3.05) is 11.5 Å². The van der Waals surface area contributed by atoms with E-state index in [1.807, 2.05) is 36.2 Å². The molecular weight excluding hydrogens is 404 g/mol. The van der Waals surface area contributed by atoms with Crippen LogP contribution in [0.5, 0.6) is 0 Å². The predicted octanol–water partition coefficient (Wildman–Crippen LogP) is 5.98. The minimum Gasteiger partial charge on any atom is -0.463 e. The first-order valence-electron chi connectivity index (χ1n) is 9.84. The van der Waals surface area contributed by atoms with Crippen molar-refractivity contribution in [3.8, 4) is 0 Å². The maximum absolute atomic E-state index is 13.0. The number of carbonyl (C=O) groups excluding carboxylic acids is 1. The van der Waals surface area contributed by atoms with Crippen LogP contribution in [0.1, 0.15) is 38.2 Å². The minimum absolute atomic E-state index is 0.0234. The Kier molecular flexibility index (Phi) is 6.90. The molecule has 1 heterocycles. The first kappa shape index (κ1) is 21.6. The Hall–Kier alpha value is -3.12. The second-order valence-corrected chi connectivity index (χ2v) is 7.25. The molecule has 0 N–H and O–H groups in total. The Morgan fingerprint density at radius 2 is 1.87 bits per heavy atom. The zero-order chi connectivity index (χ0) is 21.7. The molecule has 1 aliphatic rings. The average molecular weight is 427 g/mol. The molecule has 2 aromatic rings. The second kappa shape index (κ2) is 9.59. The van der Waals surface area contributed by atoms with Crippen LogP contribution in [-0.4, -0.2) is 17.5 Å². The Labute approximate surface area is 180 Å². The number of ether oxygens (including phenoxy) is 1. The van der Waals surface area contributed by atoms with E-state index >= 15 is 0 Å². The summed E-state index contributed by atoms with van der Waals surface area (Å²) in [5.74, 6) is -1.04. The summed E-state index contributed by atoms with van der Waals surface area (Å²) in [6.45, 7) is 3.98. The van der Waals surface area contributed by atoms with Crippen LogP contribution in [0.25, 0.3) is 0 Å². The first-order valence-corrected chi connectivity index (χ1v) is 10.2. The molecule has 0 aromatic heterocycles. The first-order chi connectivity index (χ1) is 14.5. The normalized spacial score (nSPS) is 16.0. The number of rotatable bonds is 7. The van der Waals surface area contributed by atoms with Gasteiger partial charge in [0.25, 0.3) is 5.69 Å². The molecule has 6 nitrogen and oxygen atoms in total. The highest BCUT2D eigenvalue weighted by atomic mass is 35.5. The fourth-order valence-electron chi connectivity index (χ4n) is 3.63. The van der Waals surface area contributed by atoms with Gasteiger partial charge in [-0.1, -0.05) is 49.2 Å². The molecular formula is C23H23ClN2O4. The average Bonchev–Trinajstić information content (AvgIpc) is 2.74. The number of halogens is 1. The Bertz CT molecular complexity index is 999. The monoisotopic (exact) mass is 426 g/mol. The number of nitro groups is 1. The van der Waals surface area contributed by atoms with Crippen LogP contribution in [0.3, 0.4) is 0 Å². The molecule has 3 rings (SSSR count). The summed E-state index contributed by atoms with van der Waals surface area (Å²) >= 11 is 6.03. The smallest absolute Gasteiger partial charge is 0.336 e. The van der Waals surface area contributed by atoms with Crippen molar-refractivity contribution in [3.05, 3.63) is 92.8 Å². The summed E-state index contributed by atoms with van der Waals surface area (Å²) in [5, 5.41) is 12.2. The van der Waals surface area contributed by atoms with E-state index in [-0.39, 0.29) is 12.3 Å². The molecule has 0 radical (unpaired) electrons. The number of esters is 1. The van der Waals surface area contributed by atoms with E-state index in [9.17, 15) is 14.9 Å². The highest BCUT2D eigenvalue weighted by Gasteiger charge is 2.34. The van der Waals surface area contributed by atoms with Gasteiger partial charge in [-0.05, 0) is 37.6 Å². The molecule has 1 aliphatic heterocycles. The maximum Gasteiger partial charge on any atom is 0.336 e. The van der Waals surface area contributed by atoms with E-state index in [1.165, 1.54) is 6.07 Å². The quantitative estimate of drug-likeness (QED) is 0.309. The van der Waals surface area contributed by atoms with Crippen molar-refractivity contribution < 1.29 is 14.5 Å². The van der Waals surface area contributed by atoms with Gasteiger partial charge in [-0.2, -0.15) is 0 Å². The zero-order valence-corrected chi connectivity index (χ0v) is 17.6. The fraction of sp³-hybridized carbons (Fsp3) is 0.261. The third-order valence-electron chi connectivity index (χ3n) is 4.90. The maximum atomic E-state index is 13.0. The molecule has 0 bridgehead atoms. The molecule has 0 fully saturated rings.